The standard InChI is InChI=1S/C23H18N4O2S/c1-15-11-19(16(2)27(15)21-9-5-6-10-25-21)12-20-22(28)26(23(29)30-20)14-18-8-4-3-7-17(18)13-24/h3-12H,14H2,1-2H3/b20-12+. The van der Waals surface area contributed by atoms with Gasteiger partial charge in [0.2, 0.25) is 0 Å². The molecule has 0 bridgehead atoms. The minimum atomic E-state index is -0.347. The van der Waals surface area contributed by atoms with E-state index in [2.05, 4.69) is 11.1 Å². The predicted molar refractivity (Wildman–Crippen MR) is 116 cm³/mol. The van der Waals surface area contributed by atoms with Crippen molar-refractivity contribution in [2.45, 2.75) is 20.4 Å². The molecule has 1 aromatic carbocycles. The molecule has 2 amide bonds. The zero-order valence-corrected chi connectivity index (χ0v) is 17.3. The minimum absolute atomic E-state index is 0.0820. The summed E-state index contributed by atoms with van der Waals surface area (Å²) in [5.74, 6) is 0.453. The van der Waals surface area contributed by atoms with Gasteiger partial charge in [-0.15, -0.1) is 0 Å². The maximum atomic E-state index is 12.9. The van der Waals surface area contributed by atoms with E-state index < -0.39 is 0 Å². The molecule has 0 saturated carbocycles. The van der Waals surface area contributed by atoms with Gasteiger partial charge in [-0.05, 0) is 67.1 Å². The van der Waals surface area contributed by atoms with Crippen LogP contribution in [0.4, 0.5) is 4.79 Å². The van der Waals surface area contributed by atoms with Crippen LogP contribution < -0.4 is 0 Å². The topological polar surface area (TPSA) is 79.0 Å². The fraction of sp³-hybridized carbons (Fsp3) is 0.130. The molecule has 3 heterocycles. The summed E-state index contributed by atoms with van der Waals surface area (Å²) in [6, 6.07) is 16.8. The predicted octanol–water partition coefficient (Wildman–Crippen LogP) is 4.60. The van der Waals surface area contributed by atoms with Gasteiger partial charge in [-0.2, -0.15) is 5.26 Å². The molecule has 0 N–H and O–H groups in total. The number of benzene rings is 1. The molecule has 7 heteroatoms. The molecular formula is C23H18N4O2S. The number of aromatic nitrogens is 2. The van der Waals surface area contributed by atoms with Crippen molar-refractivity contribution in [2.75, 3.05) is 0 Å². The summed E-state index contributed by atoms with van der Waals surface area (Å²) in [5, 5.41) is 8.93. The van der Waals surface area contributed by atoms with Crippen LogP contribution in [0.5, 0.6) is 0 Å². The second kappa shape index (κ2) is 8.01. The summed E-state index contributed by atoms with van der Waals surface area (Å²) in [5.41, 5.74) is 3.89. The van der Waals surface area contributed by atoms with E-state index in [1.54, 1.807) is 36.5 Å². The molecule has 0 atom stereocenters. The van der Waals surface area contributed by atoms with Gasteiger partial charge in [-0.3, -0.25) is 14.5 Å². The molecule has 30 heavy (non-hydrogen) atoms. The molecule has 6 nitrogen and oxygen atoms in total. The van der Waals surface area contributed by atoms with Crippen LogP contribution in [0.1, 0.15) is 28.1 Å². The number of carbonyl (C=O) groups is 2. The molecule has 1 saturated heterocycles. The van der Waals surface area contributed by atoms with Gasteiger partial charge < -0.3 is 4.57 Å². The van der Waals surface area contributed by atoms with Crippen LogP contribution >= 0.6 is 11.8 Å². The van der Waals surface area contributed by atoms with E-state index in [-0.39, 0.29) is 17.7 Å². The van der Waals surface area contributed by atoms with Gasteiger partial charge in [0.1, 0.15) is 5.82 Å². The van der Waals surface area contributed by atoms with Crippen LogP contribution in [0, 0.1) is 25.2 Å². The maximum Gasteiger partial charge on any atom is 0.293 e. The van der Waals surface area contributed by atoms with E-state index in [9.17, 15) is 14.9 Å². The first-order chi connectivity index (χ1) is 14.5. The van der Waals surface area contributed by atoms with Crippen molar-refractivity contribution in [3.05, 3.63) is 87.7 Å². The lowest BCUT2D eigenvalue weighted by Crippen LogP contribution is -2.27. The van der Waals surface area contributed by atoms with Crippen molar-refractivity contribution in [2.24, 2.45) is 0 Å². The molecule has 1 fully saturated rings. The van der Waals surface area contributed by atoms with E-state index in [1.807, 2.05) is 42.7 Å². The van der Waals surface area contributed by atoms with E-state index in [0.717, 1.165) is 34.5 Å². The van der Waals surface area contributed by atoms with Gasteiger partial charge >= 0.3 is 0 Å². The molecule has 0 radical (unpaired) electrons. The first-order valence-corrected chi connectivity index (χ1v) is 10.1. The lowest BCUT2D eigenvalue weighted by Gasteiger charge is -2.13. The number of nitriles is 1. The molecular weight excluding hydrogens is 396 g/mol. The molecule has 1 aliphatic rings. The van der Waals surface area contributed by atoms with E-state index in [4.69, 9.17) is 0 Å². The molecule has 1 aliphatic heterocycles. The lowest BCUT2D eigenvalue weighted by atomic mass is 10.1. The zero-order valence-electron chi connectivity index (χ0n) is 16.5. The quantitative estimate of drug-likeness (QED) is 0.583. The molecule has 4 rings (SSSR count). The highest BCUT2D eigenvalue weighted by atomic mass is 32.2. The number of amides is 2. The van der Waals surface area contributed by atoms with E-state index >= 15 is 0 Å². The summed E-state index contributed by atoms with van der Waals surface area (Å²) < 4.78 is 2.01. The Morgan fingerprint density at radius 1 is 1.13 bits per heavy atom. The van der Waals surface area contributed by atoms with Crippen molar-refractivity contribution < 1.29 is 9.59 Å². The molecule has 2 aromatic heterocycles. The number of nitrogens with zero attached hydrogens (tertiary/aromatic N) is 4. The Kier molecular flexibility index (Phi) is 5.25. The number of rotatable bonds is 4. The average molecular weight is 414 g/mol. The Bertz CT molecular complexity index is 1220. The van der Waals surface area contributed by atoms with Crippen LogP contribution in [-0.4, -0.2) is 25.6 Å². The van der Waals surface area contributed by atoms with Crippen molar-refractivity contribution >= 4 is 29.0 Å². The van der Waals surface area contributed by atoms with Gasteiger partial charge in [0.25, 0.3) is 11.1 Å². The summed E-state index contributed by atoms with van der Waals surface area (Å²) in [6.45, 7) is 4.02. The van der Waals surface area contributed by atoms with Gasteiger partial charge in [-0.1, -0.05) is 24.3 Å². The number of hydrogen-bond acceptors (Lipinski definition) is 5. The monoisotopic (exact) mass is 414 g/mol. The first-order valence-electron chi connectivity index (χ1n) is 9.33. The van der Waals surface area contributed by atoms with Crippen molar-refractivity contribution in [1.29, 1.82) is 5.26 Å². The lowest BCUT2D eigenvalue weighted by molar-refractivity contribution is -0.123. The fourth-order valence-electron chi connectivity index (χ4n) is 3.49. The Hall–Kier alpha value is -3.63. The summed E-state index contributed by atoms with van der Waals surface area (Å²) in [7, 11) is 0. The summed E-state index contributed by atoms with van der Waals surface area (Å²) in [4.78, 5) is 31.4. The average Bonchev–Trinajstić information content (AvgIpc) is 3.18. The number of pyridine rings is 1. The Labute approximate surface area is 178 Å². The Balaban J connectivity index is 1.64. The Morgan fingerprint density at radius 2 is 1.90 bits per heavy atom. The number of hydrogen-bond donors (Lipinski definition) is 0. The highest BCUT2D eigenvalue weighted by Gasteiger charge is 2.35. The Morgan fingerprint density at radius 3 is 2.63 bits per heavy atom. The van der Waals surface area contributed by atoms with E-state index in [1.165, 1.54) is 4.90 Å². The van der Waals surface area contributed by atoms with Crippen molar-refractivity contribution in [3.8, 4) is 11.9 Å². The summed E-state index contributed by atoms with van der Waals surface area (Å²) >= 11 is 0.920. The SMILES string of the molecule is Cc1cc(/C=C2/SC(=O)N(Cc3ccccc3C#N)C2=O)c(C)n1-c1ccccn1. The van der Waals surface area contributed by atoms with Crippen LogP contribution in [0.15, 0.2) is 59.6 Å². The minimum Gasteiger partial charge on any atom is -0.303 e. The van der Waals surface area contributed by atoms with Crippen LogP contribution in [0.2, 0.25) is 0 Å². The van der Waals surface area contributed by atoms with Gasteiger partial charge in [0, 0.05) is 17.6 Å². The van der Waals surface area contributed by atoms with Crippen LogP contribution in [-0.2, 0) is 11.3 Å². The molecule has 0 spiro atoms. The third-order valence-corrected chi connectivity index (χ3v) is 5.88. The molecule has 3 aromatic rings. The molecule has 0 aliphatic carbocycles. The third-order valence-electron chi connectivity index (χ3n) is 4.98. The largest absolute Gasteiger partial charge is 0.303 e. The number of thioether (sulfide) groups is 1. The third kappa shape index (κ3) is 3.53. The fourth-order valence-corrected chi connectivity index (χ4v) is 4.32. The zero-order chi connectivity index (χ0) is 21.3. The normalized spacial score (nSPS) is 15.1. The van der Waals surface area contributed by atoms with Gasteiger partial charge in [0.05, 0.1) is 23.1 Å². The summed E-state index contributed by atoms with van der Waals surface area (Å²) in [6.07, 6.45) is 3.49. The number of imide groups is 1. The number of aryl methyl sites for hydroxylation is 1. The highest BCUT2D eigenvalue weighted by Crippen LogP contribution is 2.34. The van der Waals surface area contributed by atoms with Crippen molar-refractivity contribution in [1.82, 2.24) is 14.5 Å². The molecule has 148 valence electrons. The van der Waals surface area contributed by atoms with Gasteiger partial charge in [-0.25, -0.2) is 4.98 Å². The number of carbonyl (C=O) groups excluding carboxylic acids is 2. The molecule has 0 unspecified atom stereocenters. The van der Waals surface area contributed by atoms with Gasteiger partial charge in [0.15, 0.2) is 0 Å². The van der Waals surface area contributed by atoms with Crippen LogP contribution in [0.3, 0.4) is 0 Å². The second-order valence-electron chi connectivity index (χ2n) is 6.89. The van der Waals surface area contributed by atoms with Crippen LogP contribution in [0.25, 0.3) is 11.9 Å². The highest BCUT2D eigenvalue weighted by molar-refractivity contribution is 8.18. The maximum absolute atomic E-state index is 12.9. The van der Waals surface area contributed by atoms with Crippen molar-refractivity contribution in [3.63, 3.8) is 0 Å². The van der Waals surface area contributed by atoms with E-state index in [0.29, 0.717) is 16.0 Å². The second-order valence-corrected chi connectivity index (χ2v) is 7.88. The smallest absolute Gasteiger partial charge is 0.293 e. The first kappa shape index (κ1) is 19.7.